The summed E-state index contributed by atoms with van der Waals surface area (Å²) in [7, 11) is 0. The van der Waals surface area contributed by atoms with Gasteiger partial charge in [0.2, 0.25) is 0 Å². The number of hydrogen-bond donors (Lipinski definition) is 1. The van der Waals surface area contributed by atoms with Gasteiger partial charge in [0.05, 0.1) is 0 Å². The number of aliphatic hydroxyl groups is 1. The molecule has 1 aliphatic heterocycles. The van der Waals surface area contributed by atoms with Gasteiger partial charge in [-0.2, -0.15) is 13.2 Å². The van der Waals surface area contributed by atoms with Crippen LogP contribution < -0.4 is 0 Å². The predicted molar refractivity (Wildman–Crippen MR) is 57.9 cm³/mol. The molecule has 0 radical (unpaired) electrons. The van der Waals surface area contributed by atoms with E-state index in [0.29, 0.717) is 25.9 Å². The minimum absolute atomic E-state index is 0.0855. The van der Waals surface area contributed by atoms with Crippen molar-refractivity contribution in [3.8, 4) is 0 Å². The number of alkyl halides is 3. The molecule has 1 unspecified atom stereocenters. The highest BCUT2D eigenvalue weighted by atomic mass is 19.4. The van der Waals surface area contributed by atoms with Gasteiger partial charge in [0.15, 0.2) is 0 Å². The highest BCUT2D eigenvalue weighted by molar-refractivity contribution is 5.80. The average Bonchev–Trinajstić information content (AvgIpc) is 2.34. The molecule has 1 rings (SSSR count). The van der Waals surface area contributed by atoms with Gasteiger partial charge in [-0.1, -0.05) is 0 Å². The monoisotopic (exact) mass is 269 g/mol. The number of amides is 1. The van der Waals surface area contributed by atoms with Gasteiger partial charge in [-0.3, -0.25) is 4.79 Å². The van der Waals surface area contributed by atoms with E-state index in [4.69, 9.17) is 5.11 Å². The van der Waals surface area contributed by atoms with Crippen molar-refractivity contribution in [2.75, 3.05) is 26.3 Å². The normalized spacial score (nSPS) is 19.9. The molecule has 1 aliphatic rings. The molecule has 0 aliphatic carbocycles. The topological polar surface area (TPSA) is 49.8 Å². The Hall–Kier alpha value is -0.820. The predicted octanol–water partition coefficient (Wildman–Crippen LogP) is 1.18. The van der Waals surface area contributed by atoms with Crippen LogP contribution in [-0.4, -0.2) is 54.5 Å². The Labute approximate surface area is 104 Å². The van der Waals surface area contributed by atoms with Crippen molar-refractivity contribution in [2.24, 2.45) is 5.92 Å². The third-order valence-electron chi connectivity index (χ3n) is 3.03. The van der Waals surface area contributed by atoms with Crippen molar-refractivity contribution in [1.29, 1.82) is 0 Å². The standard InChI is InChI=1S/C11H18F3NO3/c1-8(18-7-11(12,13)14)10(17)15-4-2-9(6-16)3-5-15/h8-9,16H,2-7H2,1H3. The third-order valence-corrected chi connectivity index (χ3v) is 3.03. The molecule has 1 fully saturated rings. The molecule has 1 atom stereocenters. The van der Waals surface area contributed by atoms with Gasteiger partial charge >= 0.3 is 6.18 Å². The maximum absolute atomic E-state index is 11.9. The van der Waals surface area contributed by atoms with Gasteiger partial charge in [-0.15, -0.1) is 0 Å². The second-order valence-corrected chi connectivity index (χ2v) is 4.52. The van der Waals surface area contributed by atoms with Gasteiger partial charge < -0.3 is 14.7 Å². The van der Waals surface area contributed by atoms with Crippen LogP contribution in [0.25, 0.3) is 0 Å². The van der Waals surface area contributed by atoms with E-state index in [2.05, 4.69) is 4.74 Å². The molecule has 1 amide bonds. The van der Waals surface area contributed by atoms with E-state index < -0.39 is 24.8 Å². The number of likely N-dealkylation sites (tertiary alicyclic amines) is 1. The van der Waals surface area contributed by atoms with Crippen LogP contribution in [0, 0.1) is 5.92 Å². The first-order valence-corrected chi connectivity index (χ1v) is 5.91. The van der Waals surface area contributed by atoms with Crippen molar-refractivity contribution in [2.45, 2.75) is 32.0 Å². The fourth-order valence-electron chi connectivity index (χ4n) is 1.88. The summed E-state index contributed by atoms with van der Waals surface area (Å²) < 4.78 is 40.3. The Morgan fingerprint density at radius 2 is 2.00 bits per heavy atom. The minimum atomic E-state index is -4.42. The third kappa shape index (κ3) is 4.81. The second-order valence-electron chi connectivity index (χ2n) is 4.52. The van der Waals surface area contributed by atoms with Gasteiger partial charge in [-0.05, 0) is 25.7 Å². The summed E-state index contributed by atoms with van der Waals surface area (Å²) in [5.74, 6) is -0.240. The van der Waals surface area contributed by atoms with Crippen LogP contribution in [0.3, 0.4) is 0 Å². The summed E-state index contributed by atoms with van der Waals surface area (Å²) in [5, 5.41) is 8.95. The summed E-state index contributed by atoms with van der Waals surface area (Å²) in [6.45, 7) is 0.926. The molecule has 1 saturated heterocycles. The van der Waals surface area contributed by atoms with E-state index in [1.165, 1.54) is 11.8 Å². The Bertz CT molecular complexity index is 275. The van der Waals surface area contributed by atoms with E-state index in [1.807, 2.05) is 0 Å². The van der Waals surface area contributed by atoms with Crippen molar-refractivity contribution < 1.29 is 27.8 Å². The highest BCUT2D eigenvalue weighted by Gasteiger charge is 2.32. The quantitative estimate of drug-likeness (QED) is 0.834. The number of nitrogens with zero attached hydrogens (tertiary/aromatic N) is 1. The van der Waals surface area contributed by atoms with Gasteiger partial charge in [-0.25, -0.2) is 0 Å². The fourth-order valence-corrected chi connectivity index (χ4v) is 1.88. The van der Waals surface area contributed by atoms with Crippen LogP contribution in [-0.2, 0) is 9.53 Å². The van der Waals surface area contributed by atoms with E-state index in [9.17, 15) is 18.0 Å². The molecule has 0 bridgehead atoms. The van der Waals surface area contributed by atoms with Crippen LogP contribution >= 0.6 is 0 Å². The maximum atomic E-state index is 11.9. The lowest BCUT2D eigenvalue weighted by Gasteiger charge is -2.32. The summed E-state index contributed by atoms with van der Waals surface area (Å²) in [6.07, 6.45) is -4.15. The van der Waals surface area contributed by atoms with E-state index in [0.717, 1.165) is 0 Å². The number of rotatable bonds is 4. The molecule has 0 aromatic carbocycles. The number of hydrogen-bond acceptors (Lipinski definition) is 3. The van der Waals surface area contributed by atoms with Crippen molar-refractivity contribution in [3.63, 3.8) is 0 Å². The van der Waals surface area contributed by atoms with Crippen molar-refractivity contribution in [1.82, 2.24) is 4.90 Å². The van der Waals surface area contributed by atoms with Crippen molar-refractivity contribution in [3.05, 3.63) is 0 Å². The van der Waals surface area contributed by atoms with Gasteiger partial charge in [0, 0.05) is 19.7 Å². The first-order valence-electron chi connectivity index (χ1n) is 5.91. The Balaban J connectivity index is 2.36. The zero-order chi connectivity index (χ0) is 13.8. The van der Waals surface area contributed by atoms with Gasteiger partial charge in [0.1, 0.15) is 12.7 Å². The Morgan fingerprint density at radius 3 is 2.44 bits per heavy atom. The molecule has 1 N–H and O–H groups in total. The number of ether oxygens (including phenoxy) is 1. The SMILES string of the molecule is CC(OCC(F)(F)F)C(=O)N1CCC(CO)CC1. The lowest BCUT2D eigenvalue weighted by Crippen LogP contribution is -2.44. The smallest absolute Gasteiger partial charge is 0.396 e. The Morgan fingerprint density at radius 1 is 1.44 bits per heavy atom. The first kappa shape index (κ1) is 15.2. The van der Waals surface area contributed by atoms with Crippen LogP contribution in [0.5, 0.6) is 0 Å². The molecule has 0 aromatic heterocycles. The summed E-state index contributed by atoms with van der Waals surface area (Å²) in [5.41, 5.74) is 0. The molecular formula is C11H18F3NO3. The molecule has 1 heterocycles. The number of carbonyl (C=O) groups is 1. The van der Waals surface area contributed by atoms with Gasteiger partial charge in [0.25, 0.3) is 5.91 Å². The zero-order valence-corrected chi connectivity index (χ0v) is 10.2. The van der Waals surface area contributed by atoms with Crippen molar-refractivity contribution >= 4 is 5.91 Å². The number of piperidine rings is 1. The molecule has 0 saturated carbocycles. The number of halogens is 3. The first-order chi connectivity index (χ1) is 8.33. The summed E-state index contributed by atoms with van der Waals surface area (Å²) >= 11 is 0. The summed E-state index contributed by atoms with van der Waals surface area (Å²) in [6, 6.07) is 0. The summed E-state index contributed by atoms with van der Waals surface area (Å²) in [4.78, 5) is 13.3. The molecule has 106 valence electrons. The minimum Gasteiger partial charge on any atom is -0.396 e. The molecule has 0 aromatic rings. The Kier molecular flexibility index (Phi) is 5.40. The molecule has 4 nitrogen and oxygen atoms in total. The maximum Gasteiger partial charge on any atom is 0.411 e. The van der Waals surface area contributed by atoms with Crippen LogP contribution in [0.4, 0.5) is 13.2 Å². The molecular weight excluding hydrogens is 251 g/mol. The largest absolute Gasteiger partial charge is 0.411 e. The lowest BCUT2D eigenvalue weighted by molar-refractivity contribution is -0.188. The second kappa shape index (κ2) is 6.38. The van der Waals surface area contributed by atoms with E-state index in [1.54, 1.807) is 0 Å². The van der Waals surface area contributed by atoms with Crippen LogP contribution in [0.15, 0.2) is 0 Å². The number of carbonyl (C=O) groups excluding carboxylic acids is 1. The lowest BCUT2D eigenvalue weighted by atomic mass is 9.97. The zero-order valence-electron chi connectivity index (χ0n) is 10.2. The van der Waals surface area contributed by atoms with E-state index in [-0.39, 0.29) is 12.5 Å². The molecule has 0 spiro atoms. The average molecular weight is 269 g/mol. The highest BCUT2D eigenvalue weighted by Crippen LogP contribution is 2.19. The van der Waals surface area contributed by atoms with Crippen LogP contribution in [0.2, 0.25) is 0 Å². The van der Waals surface area contributed by atoms with Crippen LogP contribution in [0.1, 0.15) is 19.8 Å². The number of aliphatic hydroxyl groups excluding tert-OH is 1. The van der Waals surface area contributed by atoms with E-state index >= 15 is 0 Å². The molecule has 18 heavy (non-hydrogen) atoms. The molecule has 7 heteroatoms. The fraction of sp³-hybridized carbons (Fsp3) is 0.909.